The molecule has 6 heteroatoms. The van der Waals surface area contributed by atoms with E-state index in [4.69, 9.17) is 20.9 Å². The maximum Gasteiger partial charge on any atom is 0.174 e. The number of rotatable bonds is 8. The lowest BCUT2D eigenvalue weighted by Crippen LogP contribution is -2.27. The van der Waals surface area contributed by atoms with Gasteiger partial charge in [0.15, 0.2) is 11.5 Å². The maximum absolute atomic E-state index is 6.60. The van der Waals surface area contributed by atoms with Crippen LogP contribution < -0.4 is 31.6 Å². The third-order valence-corrected chi connectivity index (χ3v) is 14.6. The largest absolute Gasteiger partial charge is 0.453 e. The van der Waals surface area contributed by atoms with E-state index in [2.05, 4.69) is 181 Å². The molecule has 1 heterocycles. The monoisotopic (exact) mass is 1030 g/mol. The second kappa shape index (κ2) is 24.0. The first-order valence-corrected chi connectivity index (χ1v) is 26.3. The van der Waals surface area contributed by atoms with Crippen LogP contribution in [0, 0.1) is 0 Å². The Balaban J connectivity index is 0.000000135. The van der Waals surface area contributed by atoms with Gasteiger partial charge in [-0.1, -0.05) is 257 Å². The molecule has 4 nitrogen and oxygen atoms in total. The molecule has 0 spiro atoms. The molecular weight excluding hydrogens is 976 g/mol. The van der Waals surface area contributed by atoms with Crippen LogP contribution in [0.25, 0.3) is 21.5 Å². The van der Waals surface area contributed by atoms with E-state index in [9.17, 15) is 0 Å². The summed E-state index contributed by atoms with van der Waals surface area (Å²) in [5, 5.41) is 7.41. The lowest BCUT2D eigenvalue weighted by molar-refractivity contribution is 0.384. The minimum absolute atomic E-state index is 0.184. The van der Waals surface area contributed by atoms with Gasteiger partial charge in [0.2, 0.25) is 0 Å². The van der Waals surface area contributed by atoms with Crippen molar-refractivity contribution in [2.45, 2.75) is 32.1 Å². The molecule has 0 fully saturated rings. The number of para-hydroxylation sites is 3. The fraction of sp³-hybridized carbons (Fsp3) is 0.0746. The molecular formula is C67H58BrN2O2P. The van der Waals surface area contributed by atoms with Gasteiger partial charge in [0, 0.05) is 26.3 Å². The predicted molar refractivity (Wildman–Crippen MR) is 315 cm³/mol. The van der Waals surface area contributed by atoms with E-state index in [1.807, 2.05) is 109 Å². The fourth-order valence-electron chi connectivity index (χ4n) is 8.96. The number of halogens is 1. The summed E-state index contributed by atoms with van der Waals surface area (Å²) < 4.78 is 14.0. The van der Waals surface area contributed by atoms with Crippen molar-refractivity contribution in [2.75, 3.05) is 11.5 Å². The Labute approximate surface area is 440 Å². The Bertz CT molecular complexity index is 3320. The second-order valence-corrected chi connectivity index (χ2v) is 20.6. The zero-order valence-electron chi connectivity index (χ0n) is 41.1. The van der Waals surface area contributed by atoms with Crippen LogP contribution in [0.1, 0.15) is 47.2 Å². The fourth-order valence-corrected chi connectivity index (χ4v) is 10.4. The quantitative estimate of drug-likeness (QED) is 0.118. The smallest absolute Gasteiger partial charge is 0.174 e. The summed E-state index contributed by atoms with van der Waals surface area (Å²) in [6, 6.07) is 89.7. The van der Waals surface area contributed by atoms with Gasteiger partial charge in [-0.2, -0.15) is 0 Å². The molecule has 4 N–H and O–H groups in total. The summed E-state index contributed by atoms with van der Waals surface area (Å²) in [6.45, 7) is 4.52. The number of fused-ring (bicyclic) bond motifs is 4. The average molecular weight is 1030 g/mol. The average Bonchev–Trinajstić information content (AvgIpc) is 3.42. The number of nitrogen functional groups attached to an aromatic ring is 2. The van der Waals surface area contributed by atoms with Crippen molar-refractivity contribution in [3.63, 3.8) is 0 Å². The summed E-state index contributed by atoms with van der Waals surface area (Å²) >= 11 is 3.31. The molecule has 1 aliphatic heterocycles. The van der Waals surface area contributed by atoms with E-state index in [1.165, 1.54) is 49.2 Å². The van der Waals surface area contributed by atoms with Gasteiger partial charge in [-0.05, 0) is 104 Å². The van der Waals surface area contributed by atoms with Crippen molar-refractivity contribution >= 4 is 68.0 Å². The lowest BCUT2D eigenvalue weighted by atomic mass is 9.75. The van der Waals surface area contributed by atoms with E-state index in [-0.39, 0.29) is 5.41 Å². The number of anilines is 2. The van der Waals surface area contributed by atoms with Crippen LogP contribution in [-0.4, -0.2) is 0 Å². The molecule has 360 valence electrons. The zero-order chi connectivity index (χ0) is 50.4. The van der Waals surface area contributed by atoms with Crippen molar-refractivity contribution < 1.29 is 9.47 Å². The first-order chi connectivity index (χ1) is 35.7. The predicted octanol–water partition coefficient (Wildman–Crippen LogP) is 17.0. The van der Waals surface area contributed by atoms with E-state index < -0.39 is 0 Å². The summed E-state index contributed by atoms with van der Waals surface area (Å²) in [7, 11) is 0.533. The Morgan fingerprint density at radius 2 is 0.849 bits per heavy atom. The topological polar surface area (TPSA) is 70.5 Å². The van der Waals surface area contributed by atoms with Gasteiger partial charge in [0.25, 0.3) is 0 Å². The SMILES string of the molecule is Brc1ccccc1.CC1(C)c2cccc(Oc3ccccc3)c2Oc2c(Pc3ccccc3)cccc21.Nc1cc2ccccc2cc1N.c1ccc(Cc2cc3ccccc3cc2Cc2ccccc2)cc1. The highest BCUT2D eigenvalue weighted by molar-refractivity contribution is 9.10. The molecule has 1 aliphatic rings. The Hall–Kier alpha value is -7.95. The van der Waals surface area contributed by atoms with Crippen LogP contribution in [0.2, 0.25) is 0 Å². The molecule has 0 aromatic heterocycles. The summed E-state index contributed by atoms with van der Waals surface area (Å²) in [5.41, 5.74) is 20.4. The summed E-state index contributed by atoms with van der Waals surface area (Å²) in [4.78, 5) is 0. The Morgan fingerprint density at radius 3 is 1.33 bits per heavy atom. The number of benzene rings is 11. The van der Waals surface area contributed by atoms with Crippen LogP contribution in [-0.2, 0) is 18.3 Å². The van der Waals surface area contributed by atoms with Crippen LogP contribution in [0.4, 0.5) is 11.4 Å². The first kappa shape index (κ1) is 50.0. The second-order valence-electron chi connectivity index (χ2n) is 18.4. The third-order valence-electron chi connectivity index (χ3n) is 12.8. The molecule has 73 heavy (non-hydrogen) atoms. The minimum Gasteiger partial charge on any atom is -0.453 e. The number of ether oxygens (including phenoxy) is 2. The number of hydrogen-bond acceptors (Lipinski definition) is 4. The van der Waals surface area contributed by atoms with Gasteiger partial charge in [0.1, 0.15) is 11.5 Å². The van der Waals surface area contributed by atoms with Crippen molar-refractivity contribution in [1.29, 1.82) is 0 Å². The molecule has 0 radical (unpaired) electrons. The molecule has 0 aliphatic carbocycles. The molecule has 11 aromatic rings. The highest BCUT2D eigenvalue weighted by Crippen LogP contribution is 2.52. The standard InChI is InChI=1S/C27H23O2P.C24H20.C10H10N2.C6H5Br/c1-27(2)21-15-9-17-23(28-19-11-5-3-6-12-19)25(21)29-26-22(27)16-10-18-24(26)30-20-13-7-4-8-14-20;1-3-9-19(10-4-1)15-23-17-21-13-7-8-14-22(21)18-24(23)16-20-11-5-2-6-12-20;11-9-5-7-3-1-2-4-8(7)6-10(9)12;7-6-4-2-1-3-5-6/h3-18,30H,1-2H3;1-14,17-18H,15-16H2;1-6H,11-12H2;1-5H. The van der Waals surface area contributed by atoms with Crippen LogP contribution in [0.15, 0.2) is 265 Å². The number of hydrogen-bond donors (Lipinski definition) is 2. The third kappa shape index (κ3) is 12.9. The van der Waals surface area contributed by atoms with E-state index in [0.29, 0.717) is 20.0 Å². The van der Waals surface area contributed by atoms with Gasteiger partial charge < -0.3 is 20.9 Å². The van der Waals surface area contributed by atoms with Gasteiger partial charge in [-0.3, -0.25) is 0 Å². The first-order valence-electron chi connectivity index (χ1n) is 24.5. The van der Waals surface area contributed by atoms with E-state index >= 15 is 0 Å². The number of nitrogens with two attached hydrogens (primary N) is 2. The Morgan fingerprint density at radius 1 is 0.438 bits per heavy atom. The van der Waals surface area contributed by atoms with Crippen molar-refractivity contribution in [2.24, 2.45) is 0 Å². The van der Waals surface area contributed by atoms with Gasteiger partial charge in [-0.15, -0.1) is 0 Å². The molecule has 1 unspecified atom stereocenters. The van der Waals surface area contributed by atoms with Crippen molar-refractivity contribution in [3.8, 4) is 23.0 Å². The molecule has 0 saturated heterocycles. The highest BCUT2D eigenvalue weighted by Gasteiger charge is 2.37. The summed E-state index contributed by atoms with van der Waals surface area (Å²) in [6.07, 6.45) is 1.96. The minimum atomic E-state index is -0.184. The summed E-state index contributed by atoms with van der Waals surface area (Å²) in [5.74, 6) is 3.32. The molecule has 1 atom stereocenters. The van der Waals surface area contributed by atoms with Gasteiger partial charge >= 0.3 is 0 Å². The van der Waals surface area contributed by atoms with Crippen LogP contribution in [0.3, 0.4) is 0 Å². The molecule has 12 rings (SSSR count). The molecule has 0 bridgehead atoms. The van der Waals surface area contributed by atoms with Crippen molar-refractivity contribution in [3.05, 3.63) is 299 Å². The van der Waals surface area contributed by atoms with E-state index in [0.717, 1.165) is 56.6 Å². The highest BCUT2D eigenvalue weighted by atomic mass is 79.9. The maximum atomic E-state index is 6.60. The normalized spacial score (nSPS) is 11.9. The van der Waals surface area contributed by atoms with Gasteiger partial charge in [0.05, 0.1) is 11.4 Å². The van der Waals surface area contributed by atoms with Crippen molar-refractivity contribution in [1.82, 2.24) is 0 Å². The lowest BCUT2D eigenvalue weighted by Gasteiger charge is -2.36. The van der Waals surface area contributed by atoms with Crippen LogP contribution >= 0.6 is 24.5 Å². The van der Waals surface area contributed by atoms with E-state index in [1.54, 1.807) is 0 Å². The van der Waals surface area contributed by atoms with Gasteiger partial charge in [-0.25, -0.2) is 0 Å². The van der Waals surface area contributed by atoms with Crippen LogP contribution in [0.5, 0.6) is 23.0 Å². The zero-order valence-corrected chi connectivity index (χ0v) is 43.7. The molecule has 11 aromatic carbocycles. The molecule has 0 saturated carbocycles. The molecule has 0 amide bonds. The Kier molecular flexibility index (Phi) is 16.4.